The number of rotatable bonds is 1. The van der Waals surface area contributed by atoms with Crippen molar-refractivity contribution in [1.82, 2.24) is 0 Å². The molecule has 0 bridgehead atoms. The van der Waals surface area contributed by atoms with Gasteiger partial charge in [0.1, 0.15) is 0 Å². The fourth-order valence-electron chi connectivity index (χ4n) is 1.52. The van der Waals surface area contributed by atoms with Gasteiger partial charge >= 0.3 is 0 Å². The number of hydrogen-bond donors (Lipinski definition) is 1. The number of halogens is 1. The molecule has 0 unspecified atom stereocenters. The van der Waals surface area contributed by atoms with Gasteiger partial charge < -0.3 is 5.73 Å². The molecular formula is C12H12BrN. The highest BCUT2D eigenvalue weighted by molar-refractivity contribution is 9.10. The van der Waals surface area contributed by atoms with E-state index in [4.69, 9.17) is 5.73 Å². The summed E-state index contributed by atoms with van der Waals surface area (Å²) in [4.78, 5) is 0. The summed E-state index contributed by atoms with van der Waals surface area (Å²) in [5.74, 6) is 0. The van der Waals surface area contributed by atoms with Crippen molar-refractivity contribution in [2.45, 2.75) is 13.0 Å². The Kier molecular flexibility index (Phi) is 2.57. The molecule has 0 aliphatic heterocycles. The molecule has 2 rings (SSSR count). The van der Waals surface area contributed by atoms with Gasteiger partial charge in [0.25, 0.3) is 0 Å². The van der Waals surface area contributed by atoms with Gasteiger partial charge in [-0.05, 0) is 41.5 Å². The Bertz CT molecular complexity index is 463. The topological polar surface area (TPSA) is 26.0 Å². The van der Waals surface area contributed by atoms with Crippen LogP contribution in [0, 0.1) is 0 Å². The van der Waals surface area contributed by atoms with Crippen LogP contribution in [0.25, 0.3) is 10.8 Å². The molecule has 2 aromatic rings. The fourth-order valence-corrected chi connectivity index (χ4v) is 1.90. The highest BCUT2D eigenvalue weighted by Crippen LogP contribution is 2.22. The molecule has 0 amide bonds. The van der Waals surface area contributed by atoms with Gasteiger partial charge in [-0.1, -0.05) is 34.1 Å². The standard InChI is InChI=1S/C12H12BrN/c1-8(14)9-2-3-11-7-12(13)5-4-10(11)6-9/h2-8H,14H2,1H3/t8-/m0/s1. The first kappa shape index (κ1) is 9.69. The maximum absolute atomic E-state index is 5.83. The maximum atomic E-state index is 5.83. The van der Waals surface area contributed by atoms with Crippen LogP contribution in [0.4, 0.5) is 0 Å². The van der Waals surface area contributed by atoms with Gasteiger partial charge in [-0.3, -0.25) is 0 Å². The molecule has 0 spiro atoms. The highest BCUT2D eigenvalue weighted by Gasteiger charge is 2.00. The Morgan fingerprint density at radius 1 is 1.07 bits per heavy atom. The number of benzene rings is 2. The molecule has 0 radical (unpaired) electrons. The molecular weight excluding hydrogens is 238 g/mol. The molecule has 1 atom stereocenters. The Hall–Kier alpha value is -0.860. The summed E-state index contributed by atoms with van der Waals surface area (Å²) in [7, 11) is 0. The molecule has 14 heavy (non-hydrogen) atoms. The summed E-state index contributed by atoms with van der Waals surface area (Å²) in [6, 6.07) is 12.7. The second-order valence-electron chi connectivity index (χ2n) is 3.54. The van der Waals surface area contributed by atoms with E-state index in [0.29, 0.717) is 0 Å². The molecule has 0 aliphatic rings. The smallest absolute Gasteiger partial charge is 0.0266 e. The van der Waals surface area contributed by atoms with Gasteiger partial charge in [-0.2, -0.15) is 0 Å². The van der Waals surface area contributed by atoms with Crippen LogP contribution in [0.2, 0.25) is 0 Å². The lowest BCUT2D eigenvalue weighted by molar-refractivity contribution is 0.820. The summed E-state index contributed by atoms with van der Waals surface area (Å²) in [5.41, 5.74) is 7.01. The van der Waals surface area contributed by atoms with Crippen LogP contribution >= 0.6 is 15.9 Å². The Morgan fingerprint density at radius 2 is 1.71 bits per heavy atom. The Morgan fingerprint density at radius 3 is 2.43 bits per heavy atom. The van der Waals surface area contributed by atoms with E-state index >= 15 is 0 Å². The van der Waals surface area contributed by atoms with Crippen molar-refractivity contribution in [3.05, 3.63) is 46.4 Å². The Balaban J connectivity index is 2.62. The number of nitrogens with two attached hydrogens (primary N) is 1. The van der Waals surface area contributed by atoms with Crippen LogP contribution < -0.4 is 5.73 Å². The van der Waals surface area contributed by atoms with Crippen LogP contribution in [0.5, 0.6) is 0 Å². The van der Waals surface area contributed by atoms with Crippen LogP contribution in [-0.4, -0.2) is 0 Å². The van der Waals surface area contributed by atoms with Crippen molar-refractivity contribution >= 4 is 26.7 Å². The highest BCUT2D eigenvalue weighted by atomic mass is 79.9. The molecule has 0 saturated carbocycles. The summed E-state index contributed by atoms with van der Waals surface area (Å²) < 4.78 is 1.11. The molecule has 1 nitrogen and oxygen atoms in total. The monoisotopic (exact) mass is 249 g/mol. The number of fused-ring (bicyclic) bond motifs is 1. The predicted octanol–water partition coefficient (Wildman–Crippen LogP) is 3.62. The van der Waals surface area contributed by atoms with Crippen molar-refractivity contribution in [2.24, 2.45) is 5.73 Å². The molecule has 2 aromatic carbocycles. The minimum atomic E-state index is 0.100. The van der Waals surface area contributed by atoms with E-state index in [1.54, 1.807) is 0 Å². The van der Waals surface area contributed by atoms with E-state index in [-0.39, 0.29) is 6.04 Å². The number of hydrogen-bond acceptors (Lipinski definition) is 1. The summed E-state index contributed by atoms with van der Waals surface area (Å²) in [6.07, 6.45) is 0. The van der Waals surface area contributed by atoms with E-state index < -0.39 is 0 Å². The molecule has 0 aromatic heterocycles. The van der Waals surface area contributed by atoms with Gasteiger partial charge in [0.05, 0.1) is 0 Å². The maximum Gasteiger partial charge on any atom is 0.0266 e. The van der Waals surface area contributed by atoms with Gasteiger partial charge in [0.2, 0.25) is 0 Å². The molecule has 0 saturated heterocycles. The van der Waals surface area contributed by atoms with Crippen LogP contribution in [0.1, 0.15) is 18.5 Å². The van der Waals surface area contributed by atoms with E-state index in [9.17, 15) is 0 Å². The van der Waals surface area contributed by atoms with Crippen LogP contribution in [-0.2, 0) is 0 Å². The second kappa shape index (κ2) is 3.71. The minimum Gasteiger partial charge on any atom is -0.324 e. The average Bonchev–Trinajstić information content (AvgIpc) is 2.16. The third-order valence-electron chi connectivity index (χ3n) is 2.35. The zero-order valence-corrected chi connectivity index (χ0v) is 9.58. The summed E-state index contributed by atoms with van der Waals surface area (Å²) in [5, 5.41) is 2.48. The fraction of sp³-hybridized carbons (Fsp3) is 0.167. The van der Waals surface area contributed by atoms with Crippen LogP contribution in [0.15, 0.2) is 40.9 Å². The van der Waals surface area contributed by atoms with Crippen molar-refractivity contribution in [3.8, 4) is 0 Å². The van der Waals surface area contributed by atoms with Crippen LogP contribution in [0.3, 0.4) is 0 Å². The van der Waals surface area contributed by atoms with Gasteiger partial charge in [-0.25, -0.2) is 0 Å². The van der Waals surface area contributed by atoms with E-state index in [0.717, 1.165) is 4.47 Å². The Labute approximate surface area is 92.1 Å². The van der Waals surface area contributed by atoms with Crippen molar-refractivity contribution in [3.63, 3.8) is 0 Å². The zero-order chi connectivity index (χ0) is 10.1. The van der Waals surface area contributed by atoms with E-state index in [2.05, 4.69) is 46.3 Å². The molecule has 0 heterocycles. The van der Waals surface area contributed by atoms with Gasteiger partial charge in [0, 0.05) is 10.5 Å². The van der Waals surface area contributed by atoms with Gasteiger partial charge in [0.15, 0.2) is 0 Å². The molecule has 2 heteroatoms. The van der Waals surface area contributed by atoms with E-state index in [1.165, 1.54) is 16.3 Å². The first-order valence-electron chi connectivity index (χ1n) is 4.61. The lowest BCUT2D eigenvalue weighted by Gasteiger charge is -2.07. The van der Waals surface area contributed by atoms with Gasteiger partial charge in [-0.15, -0.1) is 0 Å². The minimum absolute atomic E-state index is 0.100. The van der Waals surface area contributed by atoms with E-state index in [1.807, 2.05) is 13.0 Å². The second-order valence-corrected chi connectivity index (χ2v) is 4.46. The molecule has 0 fully saturated rings. The average molecular weight is 250 g/mol. The third-order valence-corrected chi connectivity index (χ3v) is 2.85. The van der Waals surface area contributed by atoms with Crippen molar-refractivity contribution < 1.29 is 0 Å². The normalized spacial score (nSPS) is 13.1. The molecule has 2 N–H and O–H groups in total. The lowest BCUT2D eigenvalue weighted by atomic mass is 10.0. The quantitative estimate of drug-likeness (QED) is 0.821. The largest absolute Gasteiger partial charge is 0.324 e. The SMILES string of the molecule is C[C@H](N)c1ccc2cc(Br)ccc2c1. The zero-order valence-electron chi connectivity index (χ0n) is 8.00. The molecule has 0 aliphatic carbocycles. The van der Waals surface area contributed by atoms with Crippen molar-refractivity contribution in [2.75, 3.05) is 0 Å². The molecule has 72 valence electrons. The lowest BCUT2D eigenvalue weighted by Crippen LogP contribution is -2.04. The first-order valence-corrected chi connectivity index (χ1v) is 5.41. The van der Waals surface area contributed by atoms with Crippen molar-refractivity contribution in [1.29, 1.82) is 0 Å². The summed E-state index contributed by atoms with van der Waals surface area (Å²) >= 11 is 3.46. The predicted molar refractivity (Wildman–Crippen MR) is 64.3 cm³/mol. The summed E-state index contributed by atoms with van der Waals surface area (Å²) in [6.45, 7) is 2.00. The first-order chi connectivity index (χ1) is 6.66. The third kappa shape index (κ3) is 1.81.